The number of benzene rings is 2. The van der Waals surface area contributed by atoms with E-state index in [1.807, 2.05) is 49.3 Å². The van der Waals surface area contributed by atoms with Gasteiger partial charge in [-0.3, -0.25) is 4.79 Å². The Balaban J connectivity index is 1.83. The number of terminal acetylenes is 1. The van der Waals surface area contributed by atoms with Crippen molar-refractivity contribution < 1.29 is 4.74 Å². The summed E-state index contributed by atoms with van der Waals surface area (Å²) in [6, 6.07) is 11.4. The number of fused-ring (bicyclic) bond motifs is 1. The van der Waals surface area contributed by atoms with Crippen LogP contribution in [0.5, 0.6) is 5.75 Å². The van der Waals surface area contributed by atoms with E-state index in [1.54, 1.807) is 12.3 Å². The number of aromatic nitrogens is 2. The molecule has 0 unspecified atom stereocenters. The van der Waals surface area contributed by atoms with Crippen LogP contribution >= 0.6 is 15.9 Å². The van der Waals surface area contributed by atoms with Gasteiger partial charge in [-0.15, -0.1) is 6.42 Å². The van der Waals surface area contributed by atoms with E-state index in [0.717, 1.165) is 47.2 Å². The largest absolute Gasteiger partial charge is 0.480 e. The van der Waals surface area contributed by atoms with Gasteiger partial charge in [-0.05, 0) is 43.2 Å². The third-order valence-corrected chi connectivity index (χ3v) is 6.43. The lowest BCUT2D eigenvalue weighted by molar-refractivity contribution is 0.370. The summed E-state index contributed by atoms with van der Waals surface area (Å²) < 4.78 is 8.07. The van der Waals surface area contributed by atoms with E-state index >= 15 is 0 Å². The molecule has 0 radical (unpaired) electrons. The maximum Gasteiger partial charge on any atom is 0.282 e. The van der Waals surface area contributed by atoms with Gasteiger partial charge in [0.25, 0.3) is 5.56 Å². The van der Waals surface area contributed by atoms with Gasteiger partial charge >= 0.3 is 0 Å². The zero-order valence-corrected chi connectivity index (χ0v) is 20.5. The molecule has 0 amide bonds. The van der Waals surface area contributed by atoms with Gasteiger partial charge in [-0.25, -0.2) is 4.98 Å². The first kappa shape index (κ1) is 23.1. The van der Waals surface area contributed by atoms with Gasteiger partial charge in [0, 0.05) is 41.8 Å². The molecule has 2 aromatic carbocycles. The average Bonchev–Trinajstić information content (AvgIpc) is 2.83. The van der Waals surface area contributed by atoms with Crippen molar-refractivity contribution in [3.8, 4) is 18.1 Å². The molecule has 0 spiro atoms. The molecule has 33 heavy (non-hydrogen) atoms. The quantitative estimate of drug-likeness (QED) is 0.342. The molecule has 170 valence electrons. The Morgan fingerprint density at radius 2 is 2.03 bits per heavy atom. The van der Waals surface area contributed by atoms with E-state index in [1.165, 1.54) is 11.1 Å². The van der Waals surface area contributed by atoms with Gasteiger partial charge in [0.2, 0.25) is 0 Å². The van der Waals surface area contributed by atoms with Crippen molar-refractivity contribution in [1.82, 2.24) is 9.66 Å². The predicted octanol–water partition coefficient (Wildman–Crippen LogP) is 5.17. The van der Waals surface area contributed by atoms with Gasteiger partial charge in [-0.2, -0.15) is 9.78 Å². The molecule has 1 fully saturated rings. The maximum absolute atomic E-state index is 13.5. The van der Waals surface area contributed by atoms with E-state index in [2.05, 4.69) is 27.0 Å². The fraction of sp³-hybridized carbons (Fsp3) is 0.346. The minimum atomic E-state index is -0.172. The average molecular weight is 507 g/mol. The molecule has 0 saturated heterocycles. The standard InChI is InChI=1S/C26H27BrN4O2/c1-4-14-33-24-16-21(30(2)3)12-10-19(24)17-28-31-25(18-8-6-5-7-9-18)29-23-13-11-20(27)15-22(23)26(31)32/h1,10-13,15-18H,5-9,14H2,2-3H3. The molecule has 1 aliphatic carbocycles. The van der Waals surface area contributed by atoms with Crippen LogP contribution in [0.4, 0.5) is 5.69 Å². The Labute approximate surface area is 202 Å². The van der Waals surface area contributed by atoms with E-state index in [0.29, 0.717) is 16.7 Å². The summed E-state index contributed by atoms with van der Waals surface area (Å²) in [6.45, 7) is 0.149. The highest BCUT2D eigenvalue weighted by Gasteiger charge is 2.22. The highest BCUT2D eigenvalue weighted by atomic mass is 79.9. The Bertz CT molecular complexity index is 1280. The molecule has 1 heterocycles. The smallest absolute Gasteiger partial charge is 0.282 e. The molecule has 6 nitrogen and oxygen atoms in total. The molecule has 0 N–H and O–H groups in total. The summed E-state index contributed by atoms with van der Waals surface area (Å²) in [5.74, 6) is 4.06. The fourth-order valence-electron chi connectivity index (χ4n) is 4.17. The second-order valence-corrected chi connectivity index (χ2v) is 9.35. The van der Waals surface area contributed by atoms with E-state index < -0.39 is 0 Å². The molecule has 4 rings (SSSR count). The van der Waals surface area contributed by atoms with Crippen molar-refractivity contribution >= 4 is 38.7 Å². The number of nitrogens with zero attached hydrogens (tertiary/aromatic N) is 4. The molecule has 0 atom stereocenters. The number of hydrogen-bond acceptors (Lipinski definition) is 5. The SMILES string of the molecule is C#CCOc1cc(N(C)C)ccc1C=Nn1c(C2CCCCC2)nc2ccc(Br)cc2c1=O. The van der Waals surface area contributed by atoms with Crippen molar-refractivity contribution in [3.63, 3.8) is 0 Å². The fourth-order valence-corrected chi connectivity index (χ4v) is 4.54. The number of rotatable bonds is 6. The number of ether oxygens (including phenoxy) is 1. The molecule has 3 aromatic rings. The van der Waals surface area contributed by atoms with Gasteiger partial charge in [0.05, 0.1) is 17.1 Å². The predicted molar refractivity (Wildman–Crippen MR) is 138 cm³/mol. The lowest BCUT2D eigenvalue weighted by atomic mass is 9.88. The number of halogens is 1. The van der Waals surface area contributed by atoms with Crippen molar-refractivity contribution in [3.05, 3.63) is 62.6 Å². The van der Waals surface area contributed by atoms with Gasteiger partial charge in [-0.1, -0.05) is 41.1 Å². The van der Waals surface area contributed by atoms with E-state index in [-0.39, 0.29) is 18.1 Å². The van der Waals surface area contributed by atoms with Gasteiger partial charge in [0.1, 0.15) is 18.2 Å². The normalized spacial score (nSPS) is 14.5. The highest BCUT2D eigenvalue weighted by Crippen LogP contribution is 2.32. The first-order chi connectivity index (χ1) is 16.0. The molecular formula is C26H27BrN4O2. The summed E-state index contributed by atoms with van der Waals surface area (Å²) >= 11 is 3.46. The summed E-state index contributed by atoms with van der Waals surface area (Å²) in [4.78, 5) is 20.4. The van der Waals surface area contributed by atoms with Crippen LogP contribution in [0.15, 0.2) is 50.8 Å². The molecule has 1 aliphatic rings. The third kappa shape index (κ3) is 5.12. The maximum atomic E-state index is 13.5. The monoisotopic (exact) mass is 506 g/mol. The van der Waals surface area contributed by atoms with E-state index in [4.69, 9.17) is 16.1 Å². The minimum Gasteiger partial charge on any atom is -0.480 e. The molecule has 1 saturated carbocycles. The Kier molecular flexibility index (Phi) is 7.14. The van der Waals surface area contributed by atoms with Crippen LogP contribution in [-0.2, 0) is 0 Å². The van der Waals surface area contributed by atoms with Crippen LogP contribution in [0.2, 0.25) is 0 Å². The second-order valence-electron chi connectivity index (χ2n) is 8.44. The Morgan fingerprint density at radius 1 is 1.24 bits per heavy atom. The third-order valence-electron chi connectivity index (χ3n) is 5.94. The first-order valence-electron chi connectivity index (χ1n) is 11.1. The second kappa shape index (κ2) is 10.2. The summed E-state index contributed by atoms with van der Waals surface area (Å²) in [6.07, 6.45) is 12.6. The van der Waals surface area contributed by atoms with E-state index in [9.17, 15) is 4.79 Å². The van der Waals surface area contributed by atoms with Crippen molar-refractivity contribution in [2.24, 2.45) is 5.10 Å². The summed E-state index contributed by atoms with van der Waals surface area (Å²) in [5, 5.41) is 5.17. The lowest BCUT2D eigenvalue weighted by Crippen LogP contribution is -2.25. The first-order valence-corrected chi connectivity index (χ1v) is 11.9. The molecule has 0 bridgehead atoms. The molecule has 1 aromatic heterocycles. The van der Waals surface area contributed by atoms with Crippen LogP contribution in [0, 0.1) is 12.3 Å². The van der Waals surface area contributed by atoms with Crippen LogP contribution < -0.4 is 15.2 Å². The van der Waals surface area contributed by atoms with Crippen LogP contribution in [-0.4, -0.2) is 36.6 Å². The topological polar surface area (TPSA) is 59.7 Å². The number of hydrogen-bond donors (Lipinski definition) is 0. The van der Waals surface area contributed by atoms with Crippen molar-refractivity contribution in [1.29, 1.82) is 0 Å². The van der Waals surface area contributed by atoms with Crippen molar-refractivity contribution in [2.45, 2.75) is 38.0 Å². The number of anilines is 1. The molecule has 0 aliphatic heterocycles. The highest BCUT2D eigenvalue weighted by molar-refractivity contribution is 9.10. The lowest BCUT2D eigenvalue weighted by Gasteiger charge is -2.22. The van der Waals surface area contributed by atoms with Gasteiger partial charge < -0.3 is 9.64 Å². The Morgan fingerprint density at radius 3 is 2.76 bits per heavy atom. The zero-order chi connectivity index (χ0) is 23.4. The molecule has 7 heteroatoms. The van der Waals surface area contributed by atoms with Crippen LogP contribution in [0.25, 0.3) is 10.9 Å². The summed E-state index contributed by atoms with van der Waals surface area (Å²) in [7, 11) is 3.92. The minimum absolute atomic E-state index is 0.149. The van der Waals surface area contributed by atoms with Crippen LogP contribution in [0.1, 0.15) is 49.4 Å². The van der Waals surface area contributed by atoms with Gasteiger partial charge in [0.15, 0.2) is 0 Å². The Hall–Kier alpha value is -3.11. The molecular weight excluding hydrogens is 480 g/mol. The van der Waals surface area contributed by atoms with Crippen LogP contribution in [0.3, 0.4) is 0 Å². The summed E-state index contributed by atoms with van der Waals surface area (Å²) in [5.41, 5.74) is 2.25. The van der Waals surface area contributed by atoms with Crippen molar-refractivity contribution in [2.75, 3.05) is 25.6 Å². The zero-order valence-electron chi connectivity index (χ0n) is 18.9.